The van der Waals surface area contributed by atoms with Crippen LogP contribution in [0.25, 0.3) is 0 Å². The van der Waals surface area contributed by atoms with Crippen LogP contribution in [0.5, 0.6) is 17.2 Å². The lowest BCUT2D eigenvalue weighted by atomic mass is 10.00. The third-order valence-corrected chi connectivity index (χ3v) is 3.33. The molecule has 4 nitrogen and oxygen atoms in total. The molecule has 110 valence electrons. The molecule has 0 bridgehead atoms. The molecule has 0 atom stereocenters. The van der Waals surface area contributed by atoms with Crippen LogP contribution >= 0.6 is 0 Å². The van der Waals surface area contributed by atoms with Gasteiger partial charge < -0.3 is 14.2 Å². The molecular formula is C17H18O4. The summed E-state index contributed by atoms with van der Waals surface area (Å²) in [5, 5.41) is 0. The average molecular weight is 286 g/mol. The molecule has 0 saturated carbocycles. The molecule has 0 N–H and O–H groups in total. The number of carbonyl (C=O) groups is 1. The molecule has 0 aromatic heterocycles. The van der Waals surface area contributed by atoms with Crippen LogP contribution in [0.3, 0.4) is 0 Å². The largest absolute Gasteiger partial charge is 0.496 e. The lowest BCUT2D eigenvalue weighted by Gasteiger charge is -2.13. The van der Waals surface area contributed by atoms with Gasteiger partial charge in [-0.25, -0.2) is 0 Å². The molecule has 0 saturated heterocycles. The highest BCUT2D eigenvalue weighted by molar-refractivity contribution is 6.12. The van der Waals surface area contributed by atoms with Gasteiger partial charge in [0.1, 0.15) is 22.8 Å². The molecular weight excluding hydrogens is 268 g/mol. The molecule has 0 unspecified atom stereocenters. The van der Waals surface area contributed by atoms with Crippen molar-refractivity contribution in [1.82, 2.24) is 0 Å². The number of rotatable bonds is 5. The van der Waals surface area contributed by atoms with E-state index in [0.29, 0.717) is 28.4 Å². The normalized spacial score (nSPS) is 10.1. The Hall–Kier alpha value is -2.49. The van der Waals surface area contributed by atoms with Crippen LogP contribution < -0.4 is 14.2 Å². The van der Waals surface area contributed by atoms with Gasteiger partial charge in [-0.2, -0.15) is 0 Å². The topological polar surface area (TPSA) is 44.8 Å². The van der Waals surface area contributed by atoms with Crippen LogP contribution in [-0.2, 0) is 0 Å². The molecule has 2 rings (SSSR count). The van der Waals surface area contributed by atoms with Crippen molar-refractivity contribution in [3.8, 4) is 17.2 Å². The number of hydrogen-bond acceptors (Lipinski definition) is 4. The van der Waals surface area contributed by atoms with Gasteiger partial charge in [0.15, 0.2) is 0 Å². The van der Waals surface area contributed by atoms with Crippen LogP contribution in [-0.4, -0.2) is 27.1 Å². The molecule has 0 amide bonds. The van der Waals surface area contributed by atoms with E-state index < -0.39 is 0 Å². The van der Waals surface area contributed by atoms with Crippen LogP contribution in [0.15, 0.2) is 36.4 Å². The first-order valence-electron chi connectivity index (χ1n) is 6.52. The number of ether oxygens (including phenoxy) is 3. The minimum atomic E-state index is -0.164. The van der Waals surface area contributed by atoms with E-state index in [1.165, 1.54) is 14.2 Å². The van der Waals surface area contributed by atoms with Crippen LogP contribution in [0.2, 0.25) is 0 Å². The number of benzene rings is 2. The van der Waals surface area contributed by atoms with E-state index in [2.05, 4.69) is 0 Å². The van der Waals surface area contributed by atoms with Gasteiger partial charge in [0.05, 0.1) is 21.3 Å². The Morgan fingerprint density at radius 2 is 1.43 bits per heavy atom. The van der Waals surface area contributed by atoms with Gasteiger partial charge in [-0.1, -0.05) is 18.2 Å². The highest BCUT2D eigenvalue weighted by atomic mass is 16.5. The van der Waals surface area contributed by atoms with E-state index in [4.69, 9.17) is 14.2 Å². The zero-order chi connectivity index (χ0) is 15.4. The Morgan fingerprint density at radius 1 is 0.857 bits per heavy atom. The lowest BCUT2D eigenvalue weighted by molar-refractivity contribution is 0.103. The molecule has 21 heavy (non-hydrogen) atoms. The Kier molecular flexibility index (Phi) is 4.48. The van der Waals surface area contributed by atoms with Crippen molar-refractivity contribution >= 4 is 5.78 Å². The number of hydrogen-bond donors (Lipinski definition) is 0. The predicted octanol–water partition coefficient (Wildman–Crippen LogP) is 3.25. The van der Waals surface area contributed by atoms with E-state index in [0.717, 1.165) is 5.56 Å². The SMILES string of the molecule is COc1cc(C(=O)c2c(OC)cccc2OC)ccc1C. The zero-order valence-electron chi connectivity index (χ0n) is 12.6. The molecule has 0 radical (unpaired) electrons. The molecule has 0 heterocycles. The second-order valence-electron chi connectivity index (χ2n) is 4.55. The zero-order valence-corrected chi connectivity index (χ0v) is 12.6. The number of methoxy groups -OCH3 is 3. The average Bonchev–Trinajstić information content (AvgIpc) is 2.53. The Labute approximate surface area is 124 Å². The maximum absolute atomic E-state index is 12.8. The highest BCUT2D eigenvalue weighted by Crippen LogP contribution is 2.31. The van der Waals surface area contributed by atoms with E-state index in [-0.39, 0.29) is 5.78 Å². The number of ketones is 1. The first-order valence-corrected chi connectivity index (χ1v) is 6.52. The highest BCUT2D eigenvalue weighted by Gasteiger charge is 2.20. The molecule has 4 heteroatoms. The summed E-state index contributed by atoms with van der Waals surface area (Å²) in [5.74, 6) is 1.48. The second kappa shape index (κ2) is 6.31. The van der Waals surface area contributed by atoms with Gasteiger partial charge in [-0.15, -0.1) is 0 Å². The smallest absolute Gasteiger partial charge is 0.200 e. The van der Waals surface area contributed by atoms with Crippen molar-refractivity contribution in [3.05, 3.63) is 53.1 Å². The van der Waals surface area contributed by atoms with Gasteiger partial charge in [0.25, 0.3) is 0 Å². The summed E-state index contributed by atoms with van der Waals surface area (Å²) in [6.45, 7) is 1.93. The third-order valence-electron chi connectivity index (χ3n) is 3.33. The van der Waals surface area contributed by atoms with E-state index >= 15 is 0 Å². The molecule has 0 fully saturated rings. The van der Waals surface area contributed by atoms with Gasteiger partial charge in [-0.05, 0) is 30.7 Å². The minimum absolute atomic E-state index is 0.164. The molecule has 0 spiro atoms. The maximum atomic E-state index is 12.8. The molecule has 0 aliphatic carbocycles. The standard InChI is InChI=1S/C17H18O4/c1-11-8-9-12(10-15(11)21-4)17(18)16-13(19-2)6-5-7-14(16)20-3/h5-10H,1-4H3. The van der Waals surface area contributed by atoms with Crippen molar-refractivity contribution < 1.29 is 19.0 Å². The summed E-state index contributed by atoms with van der Waals surface area (Å²) in [5.41, 5.74) is 1.91. The first-order chi connectivity index (χ1) is 10.1. The number of aryl methyl sites for hydroxylation is 1. The predicted molar refractivity (Wildman–Crippen MR) is 80.7 cm³/mol. The Balaban J connectivity index is 2.54. The molecule has 2 aromatic rings. The molecule has 0 aliphatic heterocycles. The third kappa shape index (κ3) is 2.84. The van der Waals surface area contributed by atoms with Crippen molar-refractivity contribution in [3.63, 3.8) is 0 Å². The summed E-state index contributed by atoms with van der Waals surface area (Å²) in [6.07, 6.45) is 0. The van der Waals surface area contributed by atoms with Gasteiger partial charge in [0, 0.05) is 5.56 Å². The summed E-state index contributed by atoms with van der Waals surface area (Å²) < 4.78 is 15.8. The van der Waals surface area contributed by atoms with Gasteiger partial charge >= 0.3 is 0 Å². The summed E-state index contributed by atoms with van der Waals surface area (Å²) >= 11 is 0. The van der Waals surface area contributed by atoms with E-state index in [1.807, 2.05) is 13.0 Å². The second-order valence-corrected chi connectivity index (χ2v) is 4.55. The van der Waals surface area contributed by atoms with Crippen LogP contribution in [0.4, 0.5) is 0 Å². The summed E-state index contributed by atoms with van der Waals surface area (Å²) in [4.78, 5) is 12.8. The van der Waals surface area contributed by atoms with Crippen molar-refractivity contribution in [2.24, 2.45) is 0 Å². The van der Waals surface area contributed by atoms with Crippen molar-refractivity contribution in [1.29, 1.82) is 0 Å². The van der Waals surface area contributed by atoms with Gasteiger partial charge in [-0.3, -0.25) is 4.79 Å². The Bertz CT molecular complexity index is 640. The van der Waals surface area contributed by atoms with Crippen LogP contribution in [0.1, 0.15) is 21.5 Å². The summed E-state index contributed by atoms with van der Waals surface area (Å²) in [6, 6.07) is 10.6. The van der Waals surface area contributed by atoms with Crippen molar-refractivity contribution in [2.45, 2.75) is 6.92 Å². The lowest BCUT2D eigenvalue weighted by Crippen LogP contribution is -2.07. The number of carbonyl (C=O) groups excluding carboxylic acids is 1. The fraction of sp³-hybridized carbons (Fsp3) is 0.235. The van der Waals surface area contributed by atoms with Crippen molar-refractivity contribution in [2.75, 3.05) is 21.3 Å². The summed E-state index contributed by atoms with van der Waals surface area (Å²) in [7, 11) is 4.64. The molecule has 0 aliphatic rings. The Morgan fingerprint density at radius 3 is 1.95 bits per heavy atom. The van der Waals surface area contributed by atoms with Gasteiger partial charge in [0.2, 0.25) is 5.78 Å². The fourth-order valence-electron chi connectivity index (χ4n) is 2.18. The van der Waals surface area contributed by atoms with E-state index in [1.54, 1.807) is 37.4 Å². The monoisotopic (exact) mass is 286 g/mol. The minimum Gasteiger partial charge on any atom is -0.496 e. The van der Waals surface area contributed by atoms with Crippen LogP contribution in [0, 0.1) is 6.92 Å². The molecule has 2 aromatic carbocycles. The first kappa shape index (κ1) is 14.9. The van der Waals surface area contributed by atoms with E-state index in [9.17, 15) is 4.79 Å². The quantitative estimate of drug-likeness (QED) is 0.791. The maximum Gasteiger partial charge on any atom is 0.200 e. The fourth-order valence-corrected chi connectivity index (χ4v) is 2.18.